The van der Waals surface area contributed by atoms with Gasteiger partial charge in [-0.15, -0.1) is 0 Å². The Hall–Kier alpha value is -2.37. The van der Waals surface area contributed by atoms with Gasteiger partial charge in [0.05, 0.1) is 17.9 Å². The number of esters is 1. The van der Waals surface area contributed by atoms with Crippen LogP contribution in [0.25, 0.3) is 11.5 Å². The second-order valence-electron chi connectivity index (χ2n) is 4.12. The first kappa shape index (κ1) is 14.0. The molecule has 2 aromatic heterocycles. The van der Waals surface area contributed by atoms with Gasteiger partial charge in [-0.2, -0.15) is 0 Å². The lowest BCUT2D eigenvalue weighted by Crippen LogP contribution is -2.11. The van der Waals surface area contributed by atoms with Crippen LogP contribution in [0.4, 0.5) is 0 Å². The second kappa shape index (κ2) is 6.70. The van der Waals surface area contributed by atoms with E-state index in [4.69, 9.17) is 4.74 Å². The summed E-state index contributed by atoms with van der Waals surface area (Å²) in [7, 11) is 0. The van der Waals surface area contributed by atoms with E-state index < -0.39 is 0 Å². The normalized spacial score (nSPS) is 10.3. The van der Waals surface area contributed by atoms with E-state index in [2.05, 4.69) is 19.9 Å². The molecule has 0 aliphatic heterocycles. The highest BCUT2D eigenvalue weighted by Crippen LogP contribution is 2.15. The predicted octanol–water partition coefficient (Wildman–Crippen LogP) is 2.06. The van der Waals surface area contributed by atoms with Crippen molar-refractivity contribution >= 4 is 5.97 Å². The minimum Gasteiger partial charge on any atom is -0.462 e. The molecule has 2 rings (SSSR count). The van der Waals surface area contributed by atoms with Gasteiger partial charge in [0, 0.05) is 12.4 Å². The lowest BCUT2D eigenvalue weighted by Gasteiger charge is -2.08. The Kier molecular flexibility index (Phi) is 4.70. The number of hydrogen-bond acceptors (Lipinski definition) is 6. The van der Waals surface area contributed by atoms with E-state index in [-0.39, 0.29) is 5.97 Å². The molecule has 0 saturated carbocycles. The maximum atomic E-state index is 11.9. The number of ether oxygens (including phenoxy) is 1. The zero-order chi connectivity index (χ0) is 14.4. The number of carbonyl (C=O) groups is 1. The van der Waals surface area contributed by atoms with Crippen molar-refractivity contribution in [1.82, 2.24) is 19.9 Å². The fourth-order valence-electron chi connectivity index (χ4n) is 1.77. The summed E-state index contributed by atoms with van der Waals surface area (Å²) in [5, 5.41) is 0. The van der Waals surface area contributed by atoms with Gasteiger partial charge in [-0.1, -0.05) is 13.3 Å². The summed E-state index contributed by atoms with van der Waals surface area (Å²) in [5.74, 6) is 0.106. The molecule has 0 aliphatic carbocycles. The Morgan fingerprint density at radius 1 is 1.30 bits per heavy atom. The van der Waals surface area contributed by atoms with Crippen molar-refractivity contribution in [2.24, 2.45) is 0 Å². The average Bonchev–Trinajstić information content (AvgIpc) is 2.48. The SMILES string of the molecule is CCCc1nc(-c2ccncn2)ncc1C(=O)OCC. The minimum absolute atomic E-state index is 0.331. The van der Waals surface area contributed by atoms with Crippen LogP contribution in [0.2, 0.25) is 0 Å². The van der Waals surface area contributed by atoms with Gasteiger partial charge in [0.25, 0.3) is 0 Å². The molecule has 6 heteroatoms. The van der Waals surface area contributed by atoms with Crippen molar-refractivity contribution in [1.29, 1.82) is 0 Å². The molecular weight excluding hydrogens is 256 g/mol. The van der Waals surface area contributed by atoms with Gasteiger partial charge in [0.15, 0.2) is 5.82 Å². The molecule has 0 fully saturated rings. The van der Waals surface area contributed by atoms with Crippen molar-refractivity contribution in [3.05, 3.63) is 36.0 Å². The maximum absolute atomic E-state index is 11.9. The molecule has 6 nitrogen and oxygen atoms in total. The van der Waals surface area contributed by atoms with Gasteiger partial charge < -0.3 is 4.74 Å². The van der Waals surface area contributed by atoms with E-state index in [0.717, 1.165) is 6.42 Å². The Labute approximate surface area is 117 Å². The summed E-state index contributed by atoms with van der Waals surface area (Å²) >= 11 is 0. The molecule has 0 N–H and O–H groups in total. The molecule has 0 radical (unpaired) electrons. The molecule has 0 aliphatic rings. The number of hydrogen-bond donors (Lipinski definition) is 0. The van der Waals surface area contributed by atoms with E-state index in [1.54, 1.807) is 19.2 Å². The molecule has 0 bridgehead atoms. The molecule has 20 heavy (non-hydrogen) atoms. The third kappa shape index (κ3) is 3.14. The molecule has 0 unspecified atom stereocenters. The smallest absolute Gasteiger partial charge is 0.341 e. The molecular formula is C14H16N4O2. The van der Waals surface area contributed by atoms with Crippen LogP contribution in [0.15, 0.2) is 24.8 Å². The van der Waals surface area contributed by atoms with E-state index in [1.807, 2.05) is 6.92 Å². The zero-order valence-corrected chi connectivity index (χ0v) is 11.5. The van der Waals surface area contributed by atoms with Crippen LogP contribution in [0.3, 0.4) is 0 Å². The third-order valence-electron chi connectivity index (χ3n) is 2.66. The van der Waals surface area contributed by atoms with Crippen LogP contribution in [-0.4, -0.2) is 32.5 Å². The van der Waals surface area contributed by atoms with E-state index in [0.29, 0.717) is 35.8 Å². The lowest BCUT2D eigenvalue weighted by atomic mass is 10.1. The number of carbonyl (C=O) groups excluding carboxylic acids is 1. The highest BCUT2D eigenvalue weighted by molar-refractivity contribution is 5.90. The first-order valence-corrected chi connectivity index (χ1v) is 6.55. The minimum atomic E-state index is -0.384. The standard InChI is InChI=1S/C14H16N4O2/c1-3-5-11-10(14(19)20-4-2)8-16-13(18-11)12-6-7-15-9-17-12/h6-9H,3-5H2,1-2H3. The quantitative estimate of drug-likeness (QED) is 0.775. The molecule has 0 atom stereocenters. The van der Waals surface area contributed by atoms with E-state index in [9.17, 15) is 4.79 Å². The zero-order valence-electron chi connectivity index (χ0n) is 11.5. The topological polar surface area (TPSA) is 77.9 Å². The van der Waals surface area contributed by atoms with Gasteiger partial charge >= 0.3 is 5.97 Å². The summed E-state index contributed by atoms with van der Waals surface area (Å²) < 4.78 is 5.02. The van der Waals surface area contributed by atoms with E-state index >= 15 is 0 Å². The molecule has 0 spiro atoms. The maximum Gasteiger partial charge on any atom is 0.341 e. The largest absolute Gasteiger partial charge is 0.462 e. The van der Waals surface area contributed by atoms with Crippen molar-refractivity contribution in [2.45, 2.75) is 26.7 Å². The highest BCUT2D eigenvalue weighted by atomic mass is 16.5. The molecule has 0 saturated heterocycles. The number of nitrogens with zero attached hydrogens (tertiary/aromatic N) is 4. The van der Waals surface area contributed by atoms with Crippen molar-refractivity contribution in [2.75, 3.05) is 6.61 Å². The summed E-state index contributed by atoms with van der Waals surface area (Å²) in [6.45, 7) is 4.13. The fraction of sp³-hybridized carbons (Fsp3) is 0.357. The second-order valence-corrected chi connectivity index (χ2v) is 4.12. The van der Waals surface area contributed by atoms with Gasteiger partial charge in [-0.05, 0) is 19.4 Å². The van der Waals surface area contributed by atoms with Crippen molar-refractivity contribution in [3.8, 4) is 11.5 Å². The van der Waals surface area contributed by atoms with E-state index in [1.165, 1.54) is 12.5 Å². The average molecular weight is 272 g/mol. The summed E-state index contributed by atoms with van der Waals surface area (Å²) in [5.41, 5.74) is 1.74. The number of rotatable bonds is 5. The highest BCUT2D eigenvalue weighted by Gasteiger charge is 2.16. The van der Waals surface area contributed by atoms with Crippen LogP contribution in [0.5, 0.6) is 0 Å². The summed E-state index contributed by atoms with van der Waals surface area (Å²) in [6, 6.07) is 1.73. The molecule has 2 heterocycles. The number of aromatic nitrogens is 4. The van der Waals surface area contributed by atoms with Crippen LogP contribution >= 0.6 is 0 Å². The first-order valence-electron chi connectivity index (χ1n) is 6.55. The molecule has 0 aromatic carbocycles. The molecule has 2 aromatic rings. The van der Waals surface area contributed by atoms with Crippen LogP contribution in [0, 0.1) is 0 Å². The molecule has 0 amide bonds. The van der Waals surface area contributed by atoms with Crippen LogP contribution in [-0.2, 0) is 11.2 Å². The van der Waals surface area contributed by atoms with Crippen molar-refractivity contribution < 1.29 is 9.53 Å². The summed E-state index contributed by atoms with van der Waals surface area (Å²) in [6.07, 6.45) is 6.15. The van der Waals surface area contributed by atoms with Gasteiger partial charge in [-0.3, -0.25) is 0 Å². The Bertz CT molecular complexity index is 587. The van der Waals surface area contributed by atoms with Crippen molar-refractivity contribution in [3.63, 3.8) is 0 Å². The fourth-order valence-corrected chi connectivity index (χ4v) is 1.77. The van der Waals surface area contributed by atoms with Gasteiger partial charge in [0.1, 0.15) is 12.0 Å². The monoisotopic (exact) mass is 272 g/mol. The lowest BCUT2D eigenvalue weighted by molar-refractivity contribution is 0.0524. The first-order chi connectivity index (χ1) is 9.76. The summed E-state index contributed by atoms with van der Waals surface area (Å²) in [4.78, 5) is 28.5. The van der Waals surface area contributed by atoms with Crippen LogP contribution in [0.1, 0.15) is 36.3 Å². The van der Waals surface area contributed by atoms with Gasteiger partial charge in [-0.25, -0.2) is 24.7 Å². The third-order valence-corrected chi connectivity index (χ3v) is 2.66. The number of aryl methyl sites for hydroxylation is 1. The molecule has 104 valence electrons. The Morgan fingerprint density at radius 2 is 2.15 bits per heavy atom. The predicted molar refractivity (Wildman–Crippen MR) is 73.0 cm³/mol. The Balaban J connectivity index is 2.39. The van der Waals surface area contributed by atoms with Gasteiger partial charge in [0.2, 0.25) is 0 Å². The Morgan fingerprint density at radius 3 is 2.80 bits per heavy atom. The van der Waals surface area contributed by atoms with Crippen LogP contribution < -0.4 is 0 Å².